The molecule has 2 aromatic carbocycles. The second-order valence-electron chi connectivity index (χ2n) is 6.96. The zero-order valence-electron chi connectivity index (χ0n) is 15.2. The van der Waals surface area contributed by atoms with Gasteiger partial charge in [-0.05, 0) is 43.0 Å². The van der Waals surface area contributed by atoms with Crippen LogP contribution in [-0.4, -0.2) is 36.6 Å². The highest BCUT2D eigenvalue weighted by molar-refractivity contribution is 6.07. The molecule has 0 radical (unpaired) electrons. The molecule has 0 unspecified atom stereocenters. The summed E-state index contributed by atoms with van der Waals surface area (Å²) in [5.41, 5.74) is 0.787. The molecule has 0 bridgehead atoms. The first-order valence-corrected chi connectivity index (χ1v) is 9.16. The van der Waals surface area contributed by atoms with E-state index in [-0.39, 0.29) is 11.9 Å². The van der Waals surface area contributed by atoms with Crippen molar-refractivity contribution in [3.05, 3.63) is 59.7 Å². The minimum Gasteiger partial charge on any atom is -0.486 e. The molecule has 4 rings (SSSR count). The molecule has 6 nitrogen and oxygen atoms in total. The van der Waals surface area contributed by atoms with Crippen molar-refractivity contribution in [2.75, 3.05) is 19.8 Å². The van der Waals surface area contributed by atoms with Gasteiger partial charge in [0.1, 0.15) is 18.8 Å². The van der Waals surface area contributed by atoms with Crippen molar-refractivity contribution >= 4 is 11.9 Å². The van der Waals surface area contributed by atoms with Crippen molar-refractivity contribution in [2.24, 2.45) is 0 Å². The molecular weight excluding hydrogens is 344 g/mol. The van der Waals surface area contributed by atoms with E-state index in [4.69, 9.17) is 9.47 Å². The highest BCUT2D eigenvalue weighted by atomic mass is 16.6. The van der Waals surface area contributed by atoms with Gasteiger partial charge in [-0.2, -0.15) is 0 Å². The van der Waals surface area contributed by atoms with Crippen molar-refractivity contribution in [1.82, 2.24) is 10.2 Å². The van der Waals surface area contributed by atoms with E-state index < -0.39 is 5.54 Å². The number of carbonyl (C=O) groups is 2. The molecule has 1 saturated heterocycles. The molecule has 1 N–H and O–H groups in total. The summed E-state index contributed by atoms with van der Waals surface area (Å²) in [5.74, 6) is 1.02. The van der Waals surface area contributed by atoms with Crippen molar-refractivity contribution in [2.45, 2.75) is 25.3 Å². The van der Waals surface area contributed by atoms with Gasteiger partial charge in [-0.25, -0.2) is 4.79 Å². The lowest BCUT2D eigenvalue weighted by Crippen LogP contribution is -2.41. The van der Waals surface area contributed by atoms with E-state index in [1.54, 1.807) is 25.1 Å². The average molecular weight is 366 g/mol. The lowest BCUT2D eigenvalue weighted by molar-refractivity contribution is -0.131. The molecule has 2 aliphatic heterocycles. The van der Waals surface area contributed by atoms with Crippen LogP contribution in [0, 0.1) is 0 Å². The monoisotopic (exact) mass is 366 g/mol. The number of imide groups is 1. The van der Waals surface area contributed by atoms with Gasteiger partial charge in [0, 0.05) is 6.54 Å². The normalized spacial score (nSPS) is 21.3. The summed E-state index contributed by atoms with van der Waals surface area (Å²) in [6.45, 7) is 3.10. The van der Waals surface area contributed by atoms with Gasteiger partial charge in [0.25, 0.3) is 5.91 Å². The van der Waals surface area contributed by atoms with Crippen LogP contribution in [0.25, 0.3) is 0 Å². The summed E-state index contributed by atoms with van der Waals surface area (Å²) in [6.07, 6.45) is 1.54. The Morgan fingerprint density at radius 3 is 2.56 bits per heavy atom. The van der Waals surface area contributed by atoms with Gasteiger partial charge >= 0.3 is 6.03 Å². The zero-order chi connectivity index (χ0) is 18.9. The number of hydrogen-bond donors (Lipinski definition) is 1. The average Bonchev–Trinajstić information content (AvgIpc) is 2.92. The maximum atomic E-state index is 13.0. The maximum Gasteiger partial charge on any atom is 0.325 e. The van der Waals surface area contributed by atoms with E-state index in [2.05, 4.69) is 5.32 Å². The van der Waals surface area contributed by atoms with Crippen LogP contribution in [0.2, 0.25) is 0 Å². The Hall–Kier alpha value is -3.02. The first-order chi connectivity index (χ1) is 13.1. The van der Waals surface area contributed by atoms with Gasteiger partial charge in [-0.1, -0.05) is 36.4 Å². The summed E-state index contributed by atoms with van der Waals surface area (Å²) in [5, 5.41) is 2.84. The van der Waals surface area contributed by atoms with Crippen LogP contribution < -0.4 is 14.8 Å². The first-order valence-electron chi connectivity index (χ1n) is 9.16. The molecule has 2 aromatic rings. The van der Waals surface area contributed by atoms with Crippen LogP contribution in [0.1, 0.15) is 24.5 Å². The van der Waals surface area contributed by atoms with E-state index in [1.165, 1.54) is 10.5 Å². The number of ether oxygens (including phenoxy) is 2. The van der Waals surface area contributed by atoms with Gasteiger partial charge in [0.2, 0.25) is 0 Å². The van der Waals surface area contributed by atoms with Gasteiger partial charge < -0.3 is 14.8 Å². The van der Waals surface area contributed by atoms with E-state index in [9.17, 15) is 9.59 Å². The SMILES string of the molecule is C[C@@]1(c2ccc3c(c2)OCCO3)NC(=O)N(CCCc2ccccc2)C1=O. The molecule has 140 valence electrons. The number of rotatable bonds is 5. The number of urea groups is 1. The molecule has 0 aliphatic carbocycles. The van der Waals surface area contributed by atoms with E-state index in [0.717, 1.165) is 12.8 Å². The predicted molar refractivity (Wildman–Crippen MR) is 99.8 cm³/mol. The van der Waals surface area contributed by atoms with Gasteiger partial charge in [0.05, 0.1) is 0 Å². The Labute approximate surface area is 158 Å². The number of benzene rings is 2. The van der Waals surface area contributed by atoms with E-state index >= 15 is 0 Å². The fourth-order valence-electron chi connectivity index (χ4n) is 3.54. The van der Waals surface area contributed by atoms with Crippen LogP contribution in [-0.2, 0) is 16.8 Å². The molecule has 27 heavy (non-hydrogen) atoms. The number of carbonyl (C=O) groups excluding carboxylic acids is 2. The minimum absolute atomic E-state index is 0.239. The molecule has 0 aromatic heterocycles. The second kappa shape index (κ2) is 6.95. The van der Waals surface area contributed by atoms with Gasteiger partial charge in [0.15, 0.2) is 11.5 Å². The summed E-state index contributed by atoms with van der Waals surface area (Å²) < 4.78 is 11.1. The summed E-state index contributed by atoms with van der Waals surface area (Å²) in [4.78, 5) is 26.8. The van der Waals surface area contributed by atoms with Gasteiger partial charge in [-0.3, -0.25) is 9.69 Å². The Bertz CT molecular complexity index is 868. The number of aryl methyl sites for hydroxylation is 1. The Morgan fingerprint density at radius 2 is 1.78 bits per heavy atom. The topological polar surface area (TPSA) is 67.9 Å². The standard InChI is InChI=1S/C21H22N2O4/c1-21(16-9-10-17-18(14-16)27-13-12-26-17)19(24)23(20(25)22-21)11-5-8-15-6-3-2-4-7-15/h2-4,6-7,9-10,14H,5,8,11-13H2,1H3,(H,22,25)/t21-/m0/s1. The Balaban J connectivity index is 1.48. The first kappa shape index (κ1) is 17.4. The van der Waals surface area contributed by atoms with Gasteiger partial charge in [-0.15, -0.1) is 0 Å². The zero-order valence-corrected chi connectivity index (χ0v) is 15.2. The lowest BCUT2D eigenvalue weighted by Gasteiger charge is -2.25. The quantitative estimate of drug-likeness (QED) is 0.827. The summed E-state index contributed by atoms with van der Waals surface area (Å²) in [6, 6.07) is 15.1. The third-order valence-electron chi connectivity index (χ3n) is 5.08. The molecule has 3 amide bonds. The van der Waals surface area contributed by atoms with Crippen molar-refractivity contribution in [3.8, 4) is 11.5 Å². The number of nitrogens with zero attached hydrogens (tertiary/aromatic N) is 1. The lowest BCUT2D eigenvalue weighted by atomic mass is 9.91. The fraction of sp³-hybridized carbons (Fsp3) is 0.333. The van der Waals surface area contributed by atoms with E-state index in [0.29, 0.717) is 36.8 Å². The van der Waals surface area contributed by atoms with Crippen LogP contribution in [0.15, 0.2) is 48.5 Å². The Morgan fingerprint density at radius 1 is 1.04 bits per heavy atom. The van der Waals surface area contributed by atoms with Crippen LogP contribution in [0.4, 0.5) is 4.79 Å². The fourth-order valence-corrected chi connectivity index (χ4v) is 3.54. The molecule has 1 fully saturated rings. The molecule has 1 atom stereocenters. The van der Waals surface area contributed by atoms with Crippen molar-refractivity contribution < 1.29 is 19.1 Å². The number of amides is 3. The molecule has 2 heterocycles. The van der Waals surface area contributed by atoms with Crippen LogP contribution >= 0.6 is 0 Å². The summed E-state index contributed by atoms with van der Waals surface area (Å²) in [7, 11) is 0. The molecular formula is C21H22N2O4. The predicted octanol–water partition coefficient (Wildman–Crippen LogP) is 2.86. The maximum absolute atomic E-state index is 13.0. The highest BCUT2D eigenvalue weighted by Gasteiger charge is 2.49. The van der Waals surface area contributed by atoms with E-state index in [1.807, 2.05) is 30.3 Å². The van der Waals surface area contributed by atoms with Crippen LogP contribution in [0.5, 0.6) is 11.5 Å². The smallest absolute Gasteiger partial charge is 0.325 e. The molecule has 0 saturated carbocycles. The minimum atomic E-state index is -1.10. The molecule has 2 aliphatic rings. The third-order valence-corrected chi connectivity index (χ3v) is 5.08. The van der Waals surface area contributed by atoms with Crippen molar-refractivity contribution in [1.29, 1.82) is 0 Å². The number of fused-ring (bicyclic) bond motifs is 1. The molecule has 6 heteroatoms. The number of hydrogen-bond acceptors (Lipinski definition) is 4. The largest absolute Gasteiger partial charge is 0.486 e. The van der Waals surface area contributed by atoms with Crippen LogP contribution in [0.3, 0.4) is 0 Å². The third kappa shape index (κ3) is 3.23. The van der Waals surface area contributed by atoms with Crippen molar-refractivity contribution in [3.63, 3.8) is 0 Å². The Kier molecular flexibility index (Phi) is 4.48. The highest BCUT2D eigenvalue weighted by Crippen LogP contribution is 2.36. The summed E-state index contributed by atoms with van der Waals surface area (Å²) >= 11 is 0. The number of nitrogens with one attached hydrogen (secondary N) is 1. The second-order valence-corrected chi connectivity index (χ2v) is 6.96. The molecule has 0 spiro atoms.